The second-order valence-corrected chi connectivity index (χ2v) is 4.09. The summed E-state index contributed by atoms with van der Waals surface area (Å²) in [4.78, 5) is 0. The Morgan fingerprint density at radius 1 is 1.23 bits per heavy atom. The van der Waals surface area contributed by atoms with Crippen molar-refractivity contribution >= 4 is 0 Å². The zero-order chi connectivity index (χ0) is 10.1. The molecule has 0 saturated heterocycles. The van der Waals surface area contributed by atoms with E-state index in [1.54, 1.807) is 0 Å². The van der Waals surface area contributed by atoms with Crippen LogP contribution in [0.3, 0.4) is 0 Å². The Balaban J connectivity index is 3.06. The van der Waals surface area contributed by atoms with Crippen molar-refractivity contribution in [2.75, 3.05) is 13.2 Å². The van der Waals surface area contributed by atoms with Gasteiger partial charge in [0.2, 0.25) is 0 Å². The Hall–Kier alpha value is -0.0800. The average molecular weight is 187 g/mol. The number of hydrogen-bond donors (Lipinski definition) is 1. The predicted molar refractivity (Wildman–Crippen MR) is 57.8 cm³/mol. The van der Waals surface area contributed by atoms with Crippen LogP contribution in [-0.2, 0) is 4.74 Å². The summed E-state index contributed by atoms with van der Waals surface area (Å²) in [5.74, 6) is 0.709. The topological polar surface area (TPSA) is 35.2 Å². The SMILES string of the molecule is CCCC(C)COCCCC(C)N. The minimum Gasteiger partial charge on any atom is -0.381 e. The van der Waals surface area contributed by atoms with Crippen molar-refractivity contribution in [3.8, 4) is 0 Å². The van der Waals surface area contributed by atoms with Gasteiger partial charge in [-0.2, -0.15) is 0 Å². The van der Waals surface area contributed by atoms with Crippen molar-refractivity contribution in [2.45, 2.75) is 52.5 Å². The first-order valence-corrected chi connectivity index (χ1v) is 5.50. The fraction of sp³-hybridized carbons (Fsp3) is 1.00. The highest BCUT2D eigenvalue weighted by atomic mass is 16.5. The smallest absolute Gasteiger partial charge is 0.0491 e. The molecule has 0 rings (SSSR count). The van der Waals surface area contributed by atoms with Crippen LogP contribution in [0, 0.1) is 5.92 Å². The highest BCUT2D eigenvalue weighted by Gasteiger charge is 2.00. The van der Waals surface area contributed by atoms with Gasteiger partial charge in [0.25, 0.3) is 0 Å². The summed E-state index contributed by atoms with van der Waals surface area (Å²) < 4.78 is 5.54. The number of ether oxygens (including phenoxy) is 1. The highest BCUT2D eigenvalue weighted by molar-refractivity contribution is 4.53. The molecule has 2 N–H and O–H groups in total. The molecule has 0 aromatic carbocycles. The van der Waals surface area contributed by atoms with Gasteiger partial charge in [0, 0.05) is 19.3 Å². The third kappa shape index (κ3) is 9.84. The molecule has 0 aliphatic heterocycles. The maximum Gasteiger partial charge on any atom is 0.0491 e. The molecule has 13 heavy (non-hydrogen) atoms. The Morgan fingerprint density at radius 3 is 2.46 bits per heavy atom. The van der Waals surface area contributed by atoms with Crippen LogP contribution in [0.25, 0.3) is 0 Å². The Morgan fingerprint density at radius 2 is 1.92 bits per heavy atom. The fourth-order valence-electron chi connectivity index (χ4n) is 1.37. The van der Waals surface area contributed by atoms with Gasteiger partial charge in [-0.25, -0.2) is 0 Å². The maximum absolute atomic E-state index is 5.63. The van der Waals surface area contributed by atoms with Gasteiger partial charge in [-0.05, 0) is 32.1 Å². The van der Waals surface area contributed by atoms with Gasteiger partial charge in [0.1, 0.15) is 0 Å². The molecule has 0 aromatic rings. The molecule has 0 spiro atoms. The monoisotopic (exact) mass is 187 g/mol. The molecule has 0 aromatic heterocycles. The summed E-state index contributed by atoms with van der Waals surface area (Å²) in [6, 6.07) is 0.316. The van der Waals surface area contributed by atoms with Crippen molar-refractivity contribution in [3.05, 3.63) is 0 Å². The normalized spacial score (nSPS) is 15.7. The van der Waals surface area contributed by atoms with E-state index >= 15 is 0 Å². The summed E-state index contributed by atoms with van der Waals surface area (Å²) >= 11 is 0. The van der Waals surface area contributed by atoms with Crippen molar-refractivity contribution in [3.63, 3.8) is 0 Å². The molecule has 2 nitrogen and oxygen atoms in total. The molecular formula is C11H25NO. The maximum atomic E-state index is 5.63. The van der Waals surface area contributed by atoms with Crippen LogP contribution in [0.15, 0.2) is 0 Å². The van der Waals surface area contributed by atoms with E-state index < -0.39 is 0 Å². The molecule has 0 saturated carbocycles. The van der Waals surface area contributed by atoms with Crippen molar-refractivity contribution in [1.29, 1.82) is 0 Å². The van der Waals surface area contributed by atoms with Crippen LogP contribution in [0.4, 0.5) is 0 Å². The van der Waals surface area contributed by atoms with E-state index in [9.17, 15) is 0 Å². The molecule has 0 amide bonds. The third-order valence-electron chi connectivity index (χ3n) is 2.13. The molecular weight excluding hydrogens is 162 g/mol. The zero-order valence-corrected chi connectivity index (χ0v) is 9.38. The van der Waals surface area contributed by atoms with Crippen LogP contribution in [0.2, 0.25) is 0 Å². The Kier molecular flexibility index (Phi) is 8.46. The summed E-state index contributed by atoms with van der Waals surface area (Å²) in [5, 5.41) is 0. The summed E-state index contributed by atoms with van der Waals surface area (Å²) in [6.07, 6.45) is 4.69. The number of nitrogens with two attached hydrogens (primary N) is 1. The van der Waals surface area contributed by atoms with Crippen molar-refractivity contribution in [1.82, 2.24) is 0 Å². The molecule has 0 aliphatic carbocycles. The average Bonchev–Trinajstić information content (AvgIpc) is 2.03. The Bertz CT molecular complexity index is 104. The molecule has 0 aliphatic rings. The van der Waals surface area contributed by atoms with Gasteiger partial charge >= 0.3 is 0 Å². The highest BCUT2D eigenvalue weighted by Crippen LogP contribution is 2.05. The van der Waals surface area contributed by atoms with Gasteiger partial charge in [0.15, 0.2) is 0 Å². The van der Waals surface area contributed by atoms with E-state index in [-0.39, 0.29) is 0 Å². The molecule has 2 unspecified atom stereocenters. The van der Waals surface area contributed by atoms with Crippen LogP contribution in [0.5, 0.6) is 0 Å². The first-order valence-electron chi connectivity index (χ1n) is 5.50. The van der Waals surface area contributed by atoms with Crippen LogP contribution < -0.4 is 5.73 Å². The summed E-state index contributed by atoms with van der Waals surface area (Å²) in [7, 11) is 0. The first-order chi connectivity index (χ1) is 6.16. The zero-order valence-electron chi connectivity index (χ0n) is 9.38. The van der Waals surface area contributed by atoms with Gasteiger partial charge in [0.05, 0.1) is 0 Å². The largest absolute Gasteiger partial charge is 0.381 e. The first kappa shape index (κ1) is 12.9. The van der Waals surface area contributed by atoms with E-state index in [2.05, 4.69) is 13.8 Å². The van der Waals surface area contributed by atoms with E-state index in [0.717, 1.165) is 26.1 Å². The minimum absolute atomic E-state index is 0.316. The van der Waals surface area contributed by atoms with Gasteiger partial charge < -0.3 is 10.5 Å². The molecule has 0 radical (unpaired) electrons. The van der Waals surface area contributed by atoms with Crippen LogP contribution >= 0.6 is 0 Å². The van der Waals surface area contributed by atoms with Gasteiger partial charge in [-0.3, -0.25) is 0 Å². The summed E-state index contributed by atoms with van der Waals surface area (Å²) in [6.45, 7) is 8.28. The Labute approximate surface area is 82.8 Å². The van der Waals surface area contributed by atoms with Crippen molar-refractivity contribution < 1.29 is 4.74 Å². The van der Waals surface area contributed by atoms with Crippen molar-refractivity contribution in [2.24, 2.45) is 11.7 Å². The second-order valence-electron chi connectivity index (χ2n) is 4.09. The second kappa shape index (κ2) is 8.52. The summed E-state index contributed by atoms with van der Waals surface area (Å²) in [5.41, 5.74) is 5.63. The van der Waals surface area contributed by atoms with Gasteiger partial charge in [-0.15, -0.1) is 0 Å². The van der Waals surface area contributed by atoms with Crippen LogP contribution in [-0.4, -0.2) is 19.3 Å². The molecule has 0 bridgehead atoms. The lowest BCUT2D eigenvalue weighted by atomic mass is 10.1. The molecule has 2 heteroatoms. The molecule has 80 valence electrons. The molecule has 2 atom stereocenters. The third-order valence-corrected chi connectivity index (χ3v) is 2.13. The standard InChI is InChI=1S/C11H25NO/c1-4-6-10(2)9-13-8-5-7-11(3)12/h10-11H,4-9,12H2,1-3H3. The van der Waals surface area contributed by atoms with Gasteiger partial charge in [-0.1, -0.05) is 20.3 Å². The van der Waals surface area contributed by atoms with E-state index in [1.165, 1.54) is 12.8 Å². The predicted octanol–water partition coefficient (Wildman–Crippen LogP) is 2.57. The lowest BCUT2D eigenvalue weighted by Gasteiger charge is -2.11. The van der Waals surface area contributed by atoms with E-state index in [0.29, 0.717) is 12.0 Å². The number of rotatable bonds is 8. The fourth-order valence-corrected chi connectivity index (χ4v) is 1.37. The molecule has 0 fully saturated rings. The number of hydrogen-bond acceptors (Lipinski definition) is 2. The molecule has 0 heterocycles. The van der Waals surface area contributed by atoms with E-state index in [4.69, 9.17) is 10.5 Å². The van der Waals surface area contributed by atoms with E-state index in [1.807, 2.05) is 6.92 Å². The lowest BCUT2D eigenvalue weighted by molar-refractivity contribution is 0.0979. The quantitative estimate of drug-likeness (QED) is 0.593. The lowest BCUT2D eigenvalue weighted by Crippen LogP contribution is -2.15. The minimum atomic E-state index is 0.316. The van der Waals surface area contributed by atoms with Crippen LogP contribution in [0.1, 0.15) is 46.5 Å².